The number of rotatable bonds is 2. The monoisotopic (exact) mass is 265 g/mol. The van der Waals surface area contributed by atoms with E-state index >= 15 is 0 Å². The molecular formula is C17H31NO. The minimum atomic E-state index is 0.330. The fourth-order valence-corrected chi connectivity index (χ4v) is 4.83. The molecule has 3 rings (SSSR count). The number of ether oxygens (including phenoxy) is 1. The van der Waals surface area contributed by atoms with E-state index in [9.17, 15) is 0 Å². The Hall–Kier alpha value is -0.0800. The van der Waals surface area contributed by atoms with Crippen molar-refractivity contribution in [2.24, 2.45) is 17.3 Å². The predicted molar refractivity (Wildman–Crippen MR) is 79.2 cm³/mol. The van der Waals surface area contributed by atoms with Crippen LogP contribution in [0.3, 0.4) is 0 Å². The van der Waals surface area contributed by atoms with Crippen molar-refractivity contribution in [3.63, 3.8) is 0 Å². The van der Waals surface area contributed by atoms with Crippen molar-refractivity contribution >= 4 is 0 Å². The molecule has 2 heteroatoms. The molecule has 5 atom stereocenters. The van der Waals surface area contributed by atoms with Crippen LogP contribution in [0.2, 0.25) is 0 Å². The molecule has 2 aliphatic carbocycles. The zero-order valence-corrected chi connectivity index (χ0v) is 13.0. The Kier molecular flexibility index (Phi) is 3.92. The summed E-state index contributed by atoms with van der Waals surface area (Å²) in [5, 5.41) is 4.05. The molecule has 2 nitrogen and oxygen atoms in total. The zero-order chi connectivity index (χ0) is 13.5. The standard InChI is InChI=1S/C17H31NO/c1-12-8-5-4-6-10-14(12)18-15-13-9-7-11-19-16(13)17(15,2)3/h12-16,18H,4-11H2,1-3H3. The fraction of sp³-hybridized carbons (Fsp3) is 1.00. The Morgan fingerprint density at radius 1 is 1.00 bits per heavy atom. The Labute approximate surface area is 118 Å². The van der Waals surface area contributed by atoms with Crippen LogP contribution >= 0.6 is 0 Å². The average Bonchev–Trinajstić information content (AvgIpc) is 2.61. The molecule has 0 aromatic heterocycles. The van der Waals surface area contributed by atoms with Crippen LogP contribution in [-0.2, 0) is 4.74 Å². The van der Waals surface area contributed by atoms with Crippen LogP contribution in [0.5, 0.6) is 0 Å². The molecule has 0 aromatic rings. The molecule has 1 heterocycles. The van der Waals surface area contributed by atoms with Gasteiger partial charge in [0.05, 0.1) is 6.10 Å². The quantitative estimate of drug-likeness (QED) is 0.768. The van der Waals surface area contributed by atoms with Gasteiger partial charge in [-0.15, -0.1) is 0 Å². The zero-order valence-electron chi connectivity index (χ0n) is 13.0. The molecule has 0 spiro atoms. The molecule has 19 heavy (non-hydrogen) atoms. The van der Waals surface area contributed by atoms with E-state index in [1.807, 2.05) is 0 Å². The first-order valence-corrected chi connectivity index (χ1v) is 8.48. The van der Waals surface area contributed by atoms with Crippen LogP contribution in [0.4, 0.5) is 0 Å². The van der Waals surface area contributed by atoms with Crippen molar-refractivity contribution in [1.82, 2.24) is 5.32 Å². The maximum Gasteiger partial charge on any atom is 0.0684 e. The number of fused-ring (bicyclic) bond motifs is 1. The van der Waals surface area contributed by atoms with Crippen LogP contribution in [0, 0.1) is 17.3 Å². The van der Waals surface area contributed by atoms with E-state index in [1.54, 1.807) is 0 Å². The average molecular weight is 265 g/mol. The summed E-state index contributed by atoms with van der Waals surface area (Å²) < 4.78 is 6.02. The molecule has 0 aromatic carbocycles. The van der Waals surface area contributed by atoms with E-state index in [0.29, 0.717) is 17.6 Å². The van der Waals surface area contributed by atoms with Crippen molar-refractivity contribution in [3.05, 3.63) is 0 Å². The second-order valence-corrected chi connectivity index (χ2v) is 7.78. The van der Waals surface area contributed by atoms with E-state index in [1.165, 1.54) is 44.9 Å². The lowest BCUT2D eigenvalue weighted by Crippen LogP contribution is -2.70. The lowest BCUT2D eigenvalue weighted by atomic mass is 9.55. The highest BCUT2D eigenvalue weighted by Crippen LogP contribution is 2.51. The molecule has 0 amide bonds. The summed E-state index contributed by atoms with van der Waals surface area (Å²) in [7, 11) is 0. The van der Waals surface area contributed by atoms with Gasteiger partial charge in [0.15, 0.2) is 0 Å². The van der Waals surface area contributed by atoms with Crippen LogP contribution in [0.15, 0.2) is 0 Å². The summed E-state index contributed by atoms with van der Waals surface area (Å²) in [4.78, 5) is 0. The molecule has 3 fully saturated rings. The minimum absolute atomic E-state index is 0.330. The van der Waals surface area contributed by atoms with Crippen LogP contribution in [0.1, 0.15) is 65.7 Å². The SMILES string of the molecule is CC1CCCCCC1NC1C2CCCOC2C1(C)C. The van der Waals surface area contributed by atoms with Gasteiger partial charge in [0.2, 0.25) is 0 Å². The van der Waals surface area contributed by atoms with Gasteiger partial charge in [0.1, 0.15) is 0 Å². The van der Waals surface area contributed by atoms with Crippen LogP contribution in [0.25, 0.3) is 0 Å². The van der Waals surface area contributed by atoms with Gasteiger partial charge >= 0.3 is 0 Å². The maximum absolute atomic E-state index is 6.02. The second-order valence-electron chi connectivity index (χ2n) is 7.78. The predicted octanol–water partition coefficient (Wildman–Crippen LogP) is 3.75. The summed E-state index contributed by atoms with van der Waals surface area (Å²) >= 11 is 0. The molecule has 1 aliphatic heterocycles. The van der Waals surface area contributed by atoms with Gasteiger partial charge < -0.3 is 10.1 Å². The van der Waals surface area contributed by atoms with Gasteiger partial charge in [0, 0.05) is 30.0 Å². The van der Waals surface area contributed by atoms with E-state index in [-0.39, 0.29) is 0 Å². The third kappa shape index (κ3) is 2.47. The number of nitrogens with one attached hydrogen (secondary N) is 1. The van der Waals surface area contributed by atoms with Crippen LogP contribution in [-0.4, -0.2) is 24.8 Å². The topological polar surface area (TPSA) is 21.3 Å². The Balaban J connectivity index is 1.65. The van der Waals surface area contributed by atoms with Crippen molar-refractivity contribution in [1.29, 1.82) is 0 Å². The molecule has 1 N–H and O–H groups in total. The van der Waals surface area contributed by atoms with Crippen molar-refractivity contribution in [3.8, 4) is 0 Å². The number of hydrogen-bond donors (Lipinski definition) is 1. The van der Waals surface area contributed by atoms with E-state index in [4.69, 9.17) is 4.74 Å². The lowest BCUT2D eigenvalue weighted by Gasteiger charge is -2.61. The van der Waals surface area contributed by atoms with E-state index < -0.39 is 0 Å². The smallest absolute Gasteiger partial charge is 0.0684 e. The largest absolute Gasteiger partial charge is 0.377 e. The maximum atomic E-state index is 6.02. The highest BCUT2D eigenvalue weighted by molar-refractivity contribution is 5.11. The highest BCUT2D eigenvalue weighted by atomic mass is 16.5. The first-order chi connectivity index (χ1) is 9.10. The molecule has 110 valence electrons. The van der Waals surface area contributed by atoms with Gasteiger partial charge in [-0.1, -0.05) is 40.0 Å². The third-order valence-electron chi connectivity index (χ3n) is 6.09. The summed E-state index contributed by atoms with van der Waals surface area (Å²) in [5.74, 6) is 1.63. The van der Waals surface area contributed by atoms with Gasteiger partial charge in [-0.25, -0.2) is 0 Å². The minimum Gasteiger partial charge on any atom is -0.377 e. The molecule has 0 radical (unpaired) electrons. The molecular weight excluding hydrogens is 234 g/mol. The first-order valence-electron chi connectivity index (χ1n) is 8.48. The summed E-state index contributed by atoms with van der Waals surface area (Å²) in [6.45, 7) is 8.23. The van der Waals surface area contributed by atoms with Gasteiger partial charge in [-0.2, -0.15) is 0 Å². The van der Waals surface area contributed by atoms with Crippen molar-refractivity contribution in [2.45, 2.75) is 83.9 Å². The number of hydrogen-bond acceptors (Lipinski definition) is 2. The molecule has 2 saturated carbocycles. The molecule has 1 saturated heterocycles. The Bertz CT molecular complexity index is 314. The highest BCUT2D eigenvalue weighted by Gasteiger charge is 2.58. The lowest BCUT2D eigenvalue weighted by molar-refractivity contribution is -0.195. The molecule has 3 aliphatic rings. The summed E-state index contributed by atoms with van der Waals surface area (Å²) in [5.41, 5.74) is 0.330. The van der Waals surface area contributed by atoms with Gasteiger partial charge in [0.25, 0.3) is 0 Å². The fourth-order valence-electron chi connectivity index (χ4n) is 4.83. The van der Waals surface area contributed by atoms with E-state index in [0.717, 1.165) is 24.5 Å². The Morgan fingerprint density at radius 3 is 2.63 bits per heavy atom. The van der Waals surface area contributed by atoms with Crippen molar-refractivity contribution in [2.75, 3.05) is 6.61 Å². The van der Waals surface area contributed by atoms with Gasteiger partial charge in [-0.05, 0) is 31.6 Å². The van der Waals surface area contributed by atoms with E-state index in [2.05, 4.69) is 26.1 Å². The first kappa shape index (κ1) is 13.9. The normalized spacial score (nSPS) is 45.9. The van der Waals surface area contributed by atoms with Crippen LogP contribution < -0.4 is 5.32 Å². The Morgan fingerprint density at radius 2 is 1.79 bits per heavy atom. The molecule has 5 unspecified atom stereocenters. The van der Waals surface area contributed by atoms with Crippen molar-refractivity contribution < 1.29 is 4.74 Å². The second kappa shape index (κ2) is 5.37. The molecule has 0 bridgehead atoms. The summed E-state index contributed by atoms with van der Waals surface area (Å²) in [6, 6.07) is 1.43. The third-order valence-corrected chi connectivity index (χ3v) is 6.09. The van der Waals surface area contributed by atoms with Gasteiger partial charge in [-0.3, -0.25) is 0 Å². The summed E-state index contributed by atoms with van der Waals surface area (Å²) in [6.07, 6.45) is 10.2.